The predicted octanol–water partition coefficient (Wildman–Crippen LogP) is 3.07. The molecule has 3 fully saturated rings. The van der Waals surface area contributed by atoms with Crippen molar-refractivity contribution in [2.45, 2.75) is 63.5 Å². The van der Waals surface area contributed by atoms with Gasteiger partial charge in [-0.3, -0.25) is 9.89 Å². The summed E-state index contributed by atoms with van der Waals surface area (Å²) in [7, 11) is 0. The fraction of sp³-hybridized carbons (Fsp3) is 0.941. The van der Waals surface area contributed by atoms with Crippen molar-refractivity contribution in [2.75, 3.05) is 37.7 Å². The first kappa shape index (κ1) is 19.6. The molecule has 1 aliphatic heterocycles. The highest BCUT2D eigenvalue weighted by atomic mass is 127. The number of hydrogen-bond donors (Lipinski definition) is 2. The summed E-state index contributed by atoms with van der Waals surface area (Å²) >= 11 is 2.11. The van der Waals surface area contributed by atoms with Crippen LogP contribution in [0.4, 0.5) is 0 Å². The first-order valence-electron chi connectivity index (χ1n) is 9.20. The van der Waals surface area contributed by atoms with Crippen molar-refractivity contribution in [1.82, 2.24) is 15.5 Å². The van der Waals surface area contributed by atoms with Gasteiger partial charge >= 0.3 is 0 Å². The van der Waals surface area contributed by atoms with Crippen LogP contribution in [0.2, 0.25) is 0 Å². The molecule has 0 amide bonds. The monoisotopic (exact) mass is 452 g/mol. The van der Waals surface area contributed by atoms with Gasteiger partial charge in [0.15, 0.2) is 5.96 Å². The minimum atomic E-state index is 0. The van der Waals surface area contributed by atoms with E-state index in [0.29, 0.717) is 11.6 Å². The quantitative estimate of drug-likeness (QED) is 0.382. The Kier molecular flexibility index (Phi) is 8.28. The number of nitrogens with one attached hydrogen (secondary N) is 2. The van der Waals surface area contributed by atoms with E-state index in [0.717, 1.165) is 19.0 Å². The molecule has 0 aromatic heterocycles. The zero-order valence-corrected chi connectivity index (χ0v) is 17.6. The van der Waals surface area contributed by atoms with Crippen molar-refractivity contribution in [2.24, 2.45) is 4.99 Å². The van der Waals surface area contributed by atoms with Gasteiger partial charge in [-0.25, -0.2) is 0 Å². The van der Waals surface area contributed by atoms with Crippen molar-refractivity contribution in [3.05, 3.63) is 0 Å². The number of halogens is 1. The van der Waals surface area contributed by atoms with Gasteiger partial charge in [-0.05, 0) is 32.6 Å². The minimum Gasteiger partial charge on any atom is -0.357 e. The van der Waals surface area contributed by atoms with Gasteiger partial charge in [0.05, 0.1) is 6.54 Å². The Morgan fingerprint density at radius 2 is 1.87 bits per heavy atom. The van der Waals surface area contributed by atoms with Crippen LogP contribution in [0.1, 0.15) is 51.9 Å². The molecule has 0 aromatic carbocycles. The number of rotatable bonds is 5. The molecule has 1 heterocycles. The third-order valence-electron chi connectivity index (χ3n) is 5.26. The normalized spacial score (nSPS) is 25.5. The van der Waals surface area contributed by atoms with Crippen molar-refractivity contribution >= 4 is 41.7 Å². The molecule has 0 unspecified atom stereocenters. The fourth-order valence-corrected chi connectivity index (χ4v) is 4.69. The van der Waals surface area contributed by atoms with Crippen LogP contribution in [0.15, 0.2) is 4.99 Å². The van der Waals surface area contributed by atoms with E-state index < -0.39 is 0 Å². The SMILES string of the molecule is CCNC(=NCC1(N2CCSCC2)CCCCC1)NC1CC1.I. The molecule has 3 rings (SSSR count). The molecule has 134 valence electrons. The largest absolute Gasteiger partial charge is 0.357 e. The molecule has 1 saturated heterocycles. The Balaban J connectivity index is 0.00000192. The lowest BCUT2D eigenvalue weighted by atomic mass is 9.80. The number of guanidine groups is 1. The van der Waals surface area contributed by atoms with Crippen molar-refractivity contribution in [3.63, 3.8) is 0 Å². The minimum absolute atomic E-state index is 0. The van der Waals surface area contributed by atoms with Crippen LogP contribution in [0.25, 0.3) is 0 Å². The van der Waals surface area contributed by atoms with E-state index >= 15 is 0 Å². The van der Waals surface area contributed by atoms with E-state index in [-0.39, 0.29) is 24.0 Å². The molecule has 0 atom stereocenters. The Bertz CT molecular complexity index is 375. The standard InChI is InChI=1S/C17H32N4S.HI/c1-2-18-16(20-15-6-7-15)19-14-17(8-4-3-5-9-17)21-10-12-22-13-11-21;/h15H,2-14H2,1H3,(H2,18,19,20);1H. The molecule has 2 N–H and O–H groups in total. The summed E-state index contributed by atoms with van der Waals surface area (Å²) < 4.78 is 0. The fourth-order valence-electron chi connectivity index (χ4n) is 3.79. The maximum Gasteiger partial charge on any atom is 0.191 e. The molecule has 0 aromatic rings. The maximum atomic E-state index is 5.01. The second kappa shape index (κ2) is 9.70. The third-order valence-corrected chi connectivity index (χ3v) is 6.20. The Morgan fingerprint density at radius 1 is 1.17 bits per heavy atom. The number of aliphatic imine (C=N–C) groups is 1. The summed E-state index contributed by atoms with van der Waals surface area (Å²) in [6, 6.07) is 0.673. The summed E-state index contributed by atoms with van der Waals surface area (Å²) in [5, 5.41) is 7.00. The molecule has 4 nitrogen and oxygen atoms in total. The van der Waals surface area contributed by atoms with E-state index in [1.165, 1.54) is 69.5 Å². The average Bonchev–Trinajstić information content (AvgIpc) is 3.39. The number of hydrogen-bond acceptors (Lipinski definition) is 3. The topological polar surface area (TPSA) is 39.7 Å². The zero-order valence-electron chi connectivity index (χ0n) is 14.5. The van der Waals surface area contributed by atoms with Crippen LogP contribution in [-0.4, -0.2) is 60.1 Å². The lowest BCUT2D eigenvalue weighted by Gasteiger charge is -2.47. The van der Waals surface area contributed by atoms with Gasteiger partial charge in [-0.2, -0.15) is 11.8 Å². The van der Waals surface area contributed by atoms with E-state index in [1.54, 1.807) is 0 Å². The molecular weight excluding hydrogens is 419 g/mol. The molecule has 2 saturated carbocycles. The van der Waals surface area contributed by atoms with Crippen LogP contribution in [-0.2, 0) is 0 Å². The summed E-state index contributed by atoms with van der Waals surface area (Å²) in [6.45, 7) is 6.59. The molecule has 0 spiro atoms. The lowest BCUT2D eigenvalue weighted by molar-refractivity contribution is 0.0672. The van der Waals surface area contributed by atoms with Gasteiger partial charge in [0.25, 0.3) is 0 Å². The third kappa shape index (κ3) is 5.66. The average molecular weight is 452 g/mol. The second-order valence-corrected chi connectivity index (χ2v) is 8.22. The highest BCUT2D eigenvalue weighted by Crippen LogP contribution is 2.35. The van der Waals surface area contributed by atoms with Crippen molar-refractivity contribution in [1.29, 1.82) is 0 Å². The first-order chi connectivity index (χ1) is 10.8. The van der Waals surface area contributed by atoms with Crippen LogP contribution >= 0.6 is 35.7 Å². The van der Waals surface area contributed by atoms with Gasteiger partial charge in [0.2, 0.25) is 0 Å². The van der Waals surface area contributed by atoms with Gasteiger partial charge in [-0.15, -0.1) is 24.0 Å². The van der Waals surface area contributed by atoms with Crippen molar-refractivity contribution < 1.29 is 0 Å². The summed E-state index contributed by atoms with van der Waals surface area (Å²) in [5.41, 5.74) is 0.338. The van der Waals surface area contributed by atoms with Crippen molar-refractivity contribution in [3.8, 4) is 0 Å². The highest BCUT2D eigenvalue weighted by molar-refractivity contribution is 14.0. The zero-order chi connectivity index (χ0) is 15.3. The van der Waals surface area contributed by atoms with Gasteiger partial charge in [0, 0.05) is 42.7 Å². The van der Waals surface area contributed by atoms with Gasteiger partial charge in [0.1, 0.15) is 0 Å². The summed E-state index contributed by atoms with van der Waals surface area (Å²) in [5.74, 6) is 3.64. The Hall–Kier alpha value is 0.310. The second-order valence-electron chi connectivity index (χ2n) is 7.00. The smallest absolute Gasteiger partial charge is 0.191 e. The van der Waals surface area contributed by atoms with Crippen LogP contribution in [0.3, 0.4) is 0 Å². The molecular formula is C17H33IN4S. The maximum absolute atomic E-state index is 5.01. The highest BCUT2D eigenvalue weighted by Gasteiger charge is 2.38. The van der Waals surface area contributed by atoms with E-state index in [4.69, 9.17) is 4.99 Å². The van der Waals surface area contributed by atoms with E-state index in [2.05, 4.69) is 34.2 Å². The Morgan fingerprint density at radius 3 is 2.48 bits per heavy atom. The Labute approximate surface area is 163 Å². The predicted molar refractivity (Wildman–Crippen MR) is 112 cm³/mol. The lowest BCUT2D eigenvalue weighted by Crippen LogP contribution is -2.55. The molecule has 0 bridgehead atoms. The van der Waals surface area contributed by atoms with Crippen LogP contribution in [0.5, 0.6) is 0 Å². The van der Waals surface area contributed by atoms with Crippen LogP contribution in [0, 0.1) is 0 Å². The summed E-state index contributed by atoms with van der Waals surface area (Å²) in [6.07, 6.45) is 9.46. The van der Waals surface area contributed by atoms with E-state index in [1.807, 2.05) is 0 Å². The van der Waals surface area contributed by atoms with E-state index in [9.17, 15) is 0 Å². The number of nitrogens with zero attached hydrogens (tertiary/aromatic N) is 2. The first-order valence-corrected chi connectivity index (χ1v) is 10.4. The van der Waals surface area contributed by atoms with Gasteiger partial charge < -0.3 is 10.6 Å². The van der Waals surface area contributed by atoms with Gasteiger partial charge in [-0.1, -0.05) is 19.3 Å². The van der Waals surface area contributed by atoms with Crippen LogP contribution < -0.4 is 10.6 Å². The molecule has 23 heavy (non-hydrogen) atoms. The molecule has 2 aliphatic carbocycles. The molecule has 6 heteroatoms. The summed E-state index contributed by atoms with van der Waals surface area (Å²) in [4.78, 5) is 7.78. The number of thioether (sulfide) groups is 1. The molecule has 0 radical (unpaired) electrons. The molecule has 3 aliphatic rings.